The first kappa shape index (κ1) is 40.4. The van der Waals surface area contributed by atoms with Crippen LogP contribution in [0.1, 0.15) is 131 Å². The zero-order valence-corrected chi connectivity index (χ0v) is 35.2. The van der Waals surface area contributed by atoms with Gasteiger partial charge in [-0.15, -0.1) is 5.10 Å². The molecule has 5 aliphatic rings. The minimum absolute atomic E-state index is 0.163. The first-order valence-corrected chi connectivity index (χ1v) is 20.7. The summed E-state index contributed by atoms with van der Waals surface area (Å²) >= 11 is 0. The number of amides is 1. The van der Waals surface area contributed by atoms with Gasteiger partial charge in [0.25, 0.3) is 5.91 Å². The number of carbonyl (C=O) groups excluding carboxylic acids is 1. The number of nitrogens with one attached hydrogen (secondary N) is 1. The second-order valence-corrected chi connectivity index (χ2v) is 20.2. The molecule has 1 saturated heterocycles. The third-order valence-corrected chi connectivity index (χ3v) is 17.0. The first-order chi connectivity index (χ1) is 24.7. The molecule has 6 rings (SSSR count). The van der Waals surface area contributed by atoms with Crippen LogP contribution in [0.25, 0.3) is 0 Å². The quantitative estimate of drug-likeness (QED) is 0.224. The van der Waals surface area contributed by atoms with Crippen LogP contribution in [-0.4, -0.2) is 88.8 Å². The van der Waals surface area contributed by atoms with Crippen molar-refractivity contribution >= 4 is 11.9 Å². The number of aromatic nitrogens is 3. The van der Waals surface area contributed by atoms with E-state index in [0.29, 0.717) is 43.5 Å². The number of aliphatic carboxylic acids is 1. The average Bonchev–Trinajstić information content (AvgIpc) is 3.57. The standard InChI is InChI=1S/C43H71N5O5/c1-14-45-42(11,27(4)5)23-53-34-31(48-25-44-35(46-48)36(49)47(12)13)21-43-24-52-22-39(34,8)32(43)16-15-29-30(43)17-18-41(10)33(37(50)51)38(7,28(6)26(2)3)19-20-40(29,41)9/h17,25-29,31-34,45H,14-16,18-24H2,1-13H3,(H,50,51)/t28-,29+,31-,32+,33-,34+,38-,39+,40-,41+,42+,43?/m1/s1. The lowest BCUT2D eigenvalue weighted by molar-refractivity contribution is -0.253. The number of hydrogen-bond acceptors (Lipinski definition) is 7. The molecule has 1 aromatic heterocycles. The fraction of sp³-hybridized carbons (Fsp3) is 0.860. The van der Waals surface area contributed by atoms with Crippen LogP contribution >= 0.6 is 0 Å². The van der Waals surface area contributed by atoms with E-state index in [1.54, 1.807) is 20.4 Å². The van der Waals surface area contributed by atoms with Crippen molar-refractivity contribution in [2.75, 3.05) is 40.5 Å². The number of carboxylic acids is 1. The maximum atomic E-state index is 13.5. The smallest absolute Gasteiger partial charge is 0.307 e. The Morgan fingerprint density at radius 1 is 1.09 bits per heavy atom. The molecule has 0 aromatic carbocycles. The maximum absolute atomic E-state index is 13.5. The van der Waals surface area contributed by atoms with Gasteiger partial charge in [0.05, 0.1) is 37.9 Å². The number of carbonyl (C=O) groups is 2. The van der Waals surface area contributed by atoms with Gasteiger partial charge in [0.2, 0.25) is 5.82 Å². The summed E-state index contributed by atoms with van der Waals surface area (Å²) in [6.45, 7) is 27.7. The average molecular weight is 738 g/mol. The maximum Gasteiger partial charge on any atom is 0.307 e. The van der Waals surface area contributed by atoms with Gasteiger partial charge >= 0.3 is 5.97 Å². The van der Waals surface area contributed by atoms with Crippen LogP contribution in [0.15, 0.2) is 18.0 Å². The number of allylic oxidation sites excluding steroid dienone is 1. The Hall–Kier alpha value is -2.30. The largest absolute Gasteiger partial charge is 0.481 e. The number of rotatable bonds is 11. The van der Waals surface area contributed by atoms with Gasteiger partial charge in [0.15, 0.2) is 0 Å². The summed E-state index contributed by atoms with van der Waals surface area (Å²) in [6.07, 6.45) is 9.59. The molecule has 2 N–H and O–H groups in total. The van der Waals surface area contributed by atoms with E-state index in [2.05, 4.69) is 92.5 Å². The van der Waals surface area contributed by atoms with Gasteiger partial charge < -0.3 is 24.8 Å². The molecule has 12 atom stereocenters. The molecule has 1 aromatic rings. The van der Waals surface area contributed by atoms with Crippen LogP contribution in [0.2, 0.25) is 0 Å². The molecule has 0 spiro atoms. The van der Waals surface area contributed by atoms with Crippen molar-refractivity contribution in [3.05, 3.63) is 23.8 Å². The first-order valence-electron chi connectivity index (χ1n) is 20.7. The Morgan fingerprint density at radius 2 is 1.79 bits per heavy atom. The number of carboxylic acid groups (broad SMARTS) is 1. The SMILES string of the molecule is CCN[C@@](C)(CO[C@H]1[C@H](n2cnc(C(=O)N(C)C)n2)CC23COC[C@@]1(C)[C@@H]2CC[C@H]1C3=CC[C@@]2(C)[C@H](C(=O)O)[C@@](C)([C@H](C)C(C)C)CC[C@]12C)C(C)C. The zero-order valence-electron chi connectivity index (χ0n) is 35.2. The minimum atomic E-state index is -0.636. The molecule has 0 radical (unpaired) electrons. The lowest BCUT2D eigenvalue weighted by Gasteiger charge is -2.71. The van der Waals surface area contributed by atoms with E-state index in [0.717, 1.165) is 45.1 Å². The van der Waals surface area contributed by atoms with E-state index < -0.39 is 11.9 Å². The molecule has 4 fully saturated rings. The van der Waals surface area contributed by atoms with Crippen molar-refractivity contribution in [1.29, 1.82) is 0 Å². The molecule has 4 aliphatic carbocycles. The van der Waals surface area contributed by atoms with Crippen molar-refractivity contribution in [3.8, 4) is 0 Å². The molecule has 3 saturated carbocycles. The number of likely N-dealkylation sites (N-methyl/N-ethyl adjacent to an activating group) is 1. The Kier molecular flexibility index (Phi) is 10.4. The van der Waals surface area contributed by atoms with Crippen LogP contribution in [0, 0.1) is 62.6 Å². The van der Waals surface area contributed by atoms with Crippen molar-refractivity contribution in [2.24, 2.45) is 62.6 Å². The third-order valence-electron chi connectivity index (χ3n) is 17.0. The van der Waals surface area contributed by atoms with E-state index in [1.165, 1.54) is 10.5 Å². The van der Waals surface area contributed by atoms with Crippen LogP contribution in [0.3, 0.4) is 0 Å². The van der Waals surface area contributed by atoms with E-state index >= 15 is 0 Å². The fourth-order valence-electron chi connectivity index (χ4n) is 13.0. The second kappa shape index (κ2) is 13.7. The molecular weight excluding hydrogens is 667 g/mol. The summed E-state index contributed by atoms with van der Waals surface area (Å²) in [5, 5.41) is 19.7. The summed E-state index contributed by atoms with van der Waals surface area (Å²) in [5.74, 6) is 0.568. The Labute approximate surface area is 319 Å². The molecule has 1 aliphatic heterocycles. The van der Waals surface area contributed by atoms with E-state index in [4.69, 9.17) is 14.6 Å². The van der Waals surface area contributed by atoms with Gasteiger partial charge in [-0.1, -0.05) is 80.9 Å². The summed E-state index contributed by atoms with van der Waals surface area (Å²) in [5.41, 5.74) is -0.151. The van der Waals surface area contributed by atoms with Crippen molar-refractivity contribution in [3.63, 3.8) is 0 Å². The van der Waals surface area contributed by atoms with Crippen molar-refractivity contribution in [2.45, 2.75) is 132 Å². The summed E-state index contributed by atoms with van der Waals surface area (Å²) in [7, 11) is 3.46. The molecule has 10 nitrogen and oxygen atoms in total. The topological polar surface area (TPSA) is 119 Å². The Bertz CT molecular complexity index is 1590. The molecule has 1 amide bonds. The number of nitrogens with zero attached hydrogens (tertiary/aromatic N) is 4. The van der Waals surface area contributed by atoms with Gasteiger partial charge in [-0.05, 0) is 97.8 Å². The molecule has 10 heteroatoms. The van der Waals surface area contributed by atoms with Gasteiger partial charge in [0.1, 0.15) is 6.33 Å². The molecule has 1 unspecified atom stereocenters. The van der Waals surface area contributed by atoms with Gasteiger partial charge in [-0.25, -0.2) is 9.67 Å². The van der Waals surface area contributed by atoms with Gasteiger partial charge in [-0.3, -0.25) is 9.59 Å². The number of hydrogen-bond donors (Lipinski definition) is 2. The summed E-state index contributed by atoms with van der Waals surface area (Å²) in [4.78, 5) is 32.7. The summed E-state index contributed by atoms with van der Waals surface area (Å²) in [6, 6.07) is -0.163. The summed E-state index contributed by atoms with van der Waals surface area (Å²) < 4.78 is 15.9. The lowest BCUT2D eigenvalue weighted by atomic mass is 9.34. The highest BCUT2D eigenvalue weighted by atomic mass is 16.5. The lowest BCUT2D eigenvalue weighted by Crippen LogP contribution is -2.69. The molecule has 298 valence electrons. The second-order valence-electron chi connectivity index (χ2n) is 20.2. The minimum Gasteiger partial charge on any atom is -0.481 e. The number of ether oxygens (including phenoxy) is 2. The monoisotopic (exact) mass is 738 g/mol. The fourth-order valence-corrected chi connectivity index (χ4v) is 13.0. The van der Waals surface area contributed by atoms with E-state index in [1.807, 2.05) is 4.68 Å². The van der Waals surface area contributed by atoms with Crippen LogP contribution in [0.4, 0.5) is 0 Å². The Morgan fingerprint density at radius 3 is 2.40 bits per heavy atom. The van der Waals surface area contributed by atoms with Crippen molar-refractivity contribution in [1.82, 2.24) is 25.0 Å². The Balaban J connectivity index is 1.46. The highest BCUT2D eigenvalue weighted by Crippen LogP contribution is 2.75. The molecule has 2 heterocycles. The van der Waals surface area contributed by atoms with E-state index in [9.17, 15) is 14.7 Å². The van der Waals surface area contributed by atoms with Crippen LogP contribution in [-0.2, 0) is 14.3 Å². The van der Waals surface area contributed by atoms with Gasteiger partial charge in [-0.2, -0.15) is 0 Å². The van der Waals surface area contributed by atoms with Gasteiger partial charge in [0, 0.05) is 30.5 Å². The molecular formula is C43H71N5O5. The normalized spacial score (nSPS) is 41.1. The third kappa shape index (κ3) is 5.88. The molecule has 2 bridgehead atoms. The highest BCUT2D eigenvalue weighted by molar-refractivity contribution is 5.89. The van der Waals surface area contributed by atoms with Crippen LogP contribution < -0.4 is 5.32 Å². The predicted molar refractivity (Wildman–Crippen MR) is 207 cm³/mol. The van der Waals surface area contributed by atoms with E-state index in [-0.39, 0.29) is 62.4 Å². The highest BCUT2D eigenvalue weighted by Gasteiger charge is 2.72. The predicted octanol–water partition coefficient (Wildman–Crippen LogP) is 7.52. The molecule has 53 heavy (non-hydrogen) atoms. The van der Waals surface area contributed by atoms with Crippen LogP contribution in [0.5, 0.6) is 0 Å². The van der Waals surface area contributed by atoms with Crippen molar-refractivity contribution < 1.29 is 24.2 Å². The zero-order chi connectivity index (χ0) is 39.1. The number of fused-ring (bicyclic) bond motifs is 3.